The molecule has 0 saturated heterocycles. The van der Waals surface area contributed by atoms with Crippen molar-refractivity contribution in [3.63, 3.8) is 0 Å². The Morgan fingerprint density at radius 3 is 2.24 bits per heavy atom. The van der Waals surface area contributed by atoms with E-state index in [9.17, 15) is 9.59 Å². The highest BCUT2D eigenvalue weighted by Crippen LogP contribution is 2.10. The number of hydrogen-bond donors (Lipinski definition) is 1. The average molecular weight is 400 g/mol. The minimum atomic E-state index is -0.714. The Labute approximate surface area is 176 Å². The molecule has 1 amide bonds. The van der Waals surface area contributed by atoms with Gasteiger partial charge in [-0.05, 0) is 38.7 Å². The fraction of sp³-hybridized carbons (Fsp3) is 0.600. The molecule has 0 aliphatic heterocycles. The number of carbonyl (C=O) groups is 2. The van der Waals surface area contributed by atoms with Gasteiger partial charge in [-0.25, -0.2) is 4.79 Å². The summed E-state index contributed by atoms with van der Waals surface area (Å²) in [6.45, 7) is 7.60. The van der Waals surface area contributed by atoms with Crippen LogP contribution in [0.5, 0.6) is 0 Å². The number of carbonyl (C=O) groups excluding carboxylic acids is 2. The van der Waals surface area contributed by atoms with E-state index in [-0.39, 0.29) is 5.78 Å². The molecule has 0 unspecified atom stereocenters. The van der Waals surface area contributed by atoms with Crippen LogP contribution in [0.2, 0.25) is 0 Å². The van der Waals surface area contributed by atoms with Gasteiger partial charge in [-0.15, -0.1) is 0 Å². The van der Waals surface area contributed by atoms with Crippen LogP contribution in [0.4, 0.5) is 4.79 Å². The third-order valence-corrected chi connectivity index (χ3v) is 4.41. The third-order valence-electron chi connectivity index (χ3n) is 4.41. The first-order chi connectivity index (χ1) is 13.8. The molecule has 29 heavy (non-hydrogen) atoms. The number of nitrogens with one attached hydrogen (secondary N) is 1. The topological polar surface area (TPSA) is 55.4 Å². The molecular weight excluding hydrogens is 362 g/mol. The Balaban J connectivity index is 2.56. The second-order valence-corrected chi connectivity index (χ2v) is 8.43. The highest BCUT2D eigenvalue weighted by atomic mass is 16.6. The molecule has 0 radical (unpaired) electrons. The molecule has 0 aliphatic carbocycles. The lowest BCUT2D eigenvalue weighted by molar-refractivity contribution is -0.115. The van der Waals surface area contributed by atoms with E-state index >= 15 is 0 Å². The van der Waals surface area contributed by atoms with Crippen LogP contribution in [-0.4, -0.2) is 23.5 Å². The van der Waals surface area contributed by atoms with Crippen LogP contribution in [0.15, 0.2) is 30.3 Å². The zero-order valence-corrected chi connectivity index (χ0v) is 18.6. The number of unbranched alkanes of at least 4 members (excludes halogenated alkanes) is 7. The molecule has 0 saturated carbocycles. The number of rotatable bonds is 11. The van der Waals surface area contributed by atoms with E-state index in [0.717, 1.165) is 18.4 Å². The molecule has 1 N–H and O–H groups in total. The number of Topliss-reactive ketones (excluding diaryl/α,β-unsaturated/α-hetero) is 1. The normalized spacial score (nSPS) is 11.9. The van der Waals surface area contributed by atoms with Gasteiger partial charge in [0.2, 0.25) is 5.78 Å². The minimum Gasteiger partial charge on any atom is -0.444 e. The number of ether oxygens (including phenoxy) is 1. The summed E-state index contributed by atoms with van der Waals surface area (Å²) in [7, 11) is 0. The maximum Gasteiger partial charge on any atom is 0.408 e. The van der Waals surface area contributed by atoms with Gasteiger partial charge in [0.15, 0.2) is 0 Å². The fourth-order valence-corrected chi connectivity index (χ4v) is 2.92. The molecule has 0 bridgehead atoms. The number of amides is 1. The Bertz CT molecular complexity index is 665. The molecule has 4 nitrogen and oxygen atoms in total. The monoisotopic (exact) mass is 399 g/mol. The quantitative estimate of drug-likeness (QED) is 0.289. The van der Waals surface area contributed by atoms with Gasteiger partial charge in [0.05, 0.1) is 0 Å². The van der Waals surface area contributed by atoms with Crippen molar-refractivity contribution in [1.29, 1.82) is 0 Å². The van der Waals surface area contributed by atoms with Crippen molar-refractivity contribution in [2.75, 3.05) is 0 Å². The molecule has 160 valence electrons. The first-order valence-electron chi connectivity index (χ1n) is 10.9. The van der Waals surface area contributed by atoms with Crippen LogP contribution < -0.4 is 5.32 Å². The molecule has 0 aromatic heterocycles. The molecule has 0 spiro atoms. The summed E-state index contributed by atoms with van der Waals surface area (Å²) in [5.41, 5.74) is 0.350. The molecular formula is C25H37NO3. The zero-order valence-electron chi connectivity index (χ0n) is 18.6. The van der Waals surface area contributed by atoms with E-state index in [4.69, 9.17) is 4.74 Å². The Morgan fingerprint density at radius 2 is 1.62 bits per heavy atom. The highest BCUT2D eigenvalue weighted by molar-refractivity contribution is 6.01. The molecule has 1 aromatic carbocycles. The molecule has 1 atom stereocenters. The first kappa shape index (κ1) is 24.8. The van der Waals surface area contributed by atoms with Gasteiger partial charge in [-0.3, -0.25) is 4.79 Å². The Hall–Kier alpha value is -2.28. The summed E-state index contributed by atoms with van der Waals surface area (Å²) < 4.78 is 5.30. The van der Waals surface area contributed by atoms with Crippen molar-refractivity contribution in [3.05, 3.63) is 35.9 Å². The lowest BCUT2D eigenvalue weighted by atomic mass is 10.0. The smallest absolute Gasteiger partial charge is 0.408 e. The van der Waals surface area contributed by atoms with Crippen LogP contribution in [0, 0.1) is 11.8 Å². The van der Waals surface area contributed by atoms with Gasteiger partial charge in [0.25, 0.3) is 0 Å². The lowest BCUT2D eigenvalue weighted by Gasteiger charge is -2.22. The van der Waals surface area contributed by atoms with Gasteiger partial charge in [-0.2, -0.15) is 0 Å². The third kappa shape index (κ3) is 12.7. The van der Waals surface area contributed by atoms with Crippen LogP contribution in [0.3, 0.4) is 0 Å². The van der Waals surface area contributed by atoms with Crippen molar-refractivity contribution in [3.8, 4) is 11.8 Å². The largest absolute Gasteiger partial charge is 0.444 e. The summed E-state index contributed by atoms with van der Waals surface area (Å²) in [4.78, 5) is 24.8. The first-order valence-corrected chi connectivity index (χ1v) is 10.9. The van der Waals surface area contributed by atoms with Crippen LogP contribution >= 0.6 is 0 Å². The van der Waals surface area contributed by atoms with Gasteiger partial charge >= 0.3 is 6.09 Å². The molecule has 1 aromatic rings. The second-order valence-electron chi connectivity index (χ2n) is 8.43. The number of hydrogen-bond acceptors (Lipinski definition) is 3. The van der Waals surface area contributed by atoms with Crippen molar-refractivity contribution >= 4 is 11.9 Å². The van der Waals surface area contributed by atoms with E-state index in [0.29, 0.717) is 12.8 Å². The highest BCUT2D eigenvalue weighted by Gasteiger charge is 2.23. The predicted molar refractivity (Wildman–Crippen MR) is 119 cm³/mol. The van der Waals surface area contributed by atoms with Crippen molar-refractivity contribution in [2.24, 2.45) is 0 Å². The number of ketones is 1. The molecule has 0 aliphatic rings. The van der Waals surface area contributed by atoms with Crippen molar-refractivity contribution in [1.82, 2.24) is 5.32 Å². The van der Waals surface area contributed by atoms with Gasteiger partial charge in [0, 0.05) is 12.8 Å². The SMILES string of the molecule is CCCCCCCCCC#CC(=O)[C@H](Cc1ccccc1)NC(=O)OC(C)(C)C. The van der Waals surface area contributed by atoms with E-state index < -0.39 is 17.7 Å². The summed E-state index contributed by atoms with van der Waals surface area (Å²) in [5.74, 6) is 5.43. The Kier molecular flexibility index (Phi) is 11.8. The fourth-order valence-electron chi connectivity index (χ4n) is 2.92. The van der Waals surface area contributed by atoms with E-state index in [2.05, 4.69) is 24.1 Å². The van der Waals surface area contributed by atoms with Gasteiger partial charge in [-0.1, -0.05) is 81.7 Å². The minimum absolute atomic E-state index is 0.275. The van der Waals surface area contributed by atoms with E-state index in [1.165, 1.54) is 32.1 Å². The van der Waals surface area contributed by atoms with Crippen molar-refractivity contribution < 1.29 is 14.3 Å². The zero-order chi connectivity index (χ0) is 21.5. The van der Waals surface area contributed by atoms with E-state index in [1.807, 2.05) is 30.3 Å². The standard InChI is InChI=1S/C25H37NO3/c1-5-6-7-8-9-10-11-12-16-19-23(27)22(20-21-17-14-13-15-18-21)26-24(28)29-25(2,3)4/h13-15,17-18,22H,5-12,20H2,1-4H3,(H,26,28)/t22-/m0/s1. The molecule has 0 heterocycles. The summed E-state index contributed by atoms with van der Waals surface area (Å²) in [6.07, 6.45) is 9.04. The van der Waals surface area contributed by atoms with Gasteiger partial charge < -0.3 is 10.1 Å². The number of benzene rings is 1. The lowest BCUT2D eigenvalue weighted by Crippen LogP contribution is -2.44. The summed E-state index contributed by atoms with van der Waals surface area (Å²) in [5, 5.41) is 2.69. The van der Waals surface area contributed by atoms with E-state index in [1.54, 1.807) is 20.8 Å². The summed E-state index contributed by atoms with van der Waals surface area (Å²) >= 11 is 0. The maximum atomic E-state index is 12.6. The van der Waals surface area contributed by atoms with Crippen LogP contribution in [0.25, 0.3) is 0 Å². The van der Waals surface area contributed by atoms with Crippen LogP contribution in [0.1, 0.15) is 84.6 Å². The van der Waals surface area contributed by atoms with Crippen molar-refractivity contribution in [2.45, 2.75) is 97.1 Å². The molecule has 4 heteroatoms. The number of alkyl carbamates (subject to hydrolysis) is 1. The van der Waals surface area contributed by atoms with Crippen LogP contribution in [-0.2, 0) is 16.0 Å². The summed E-state index contributed by atoms with van der Waals surface area (Å²) in [6, 6.07) is 8.90. The Morgan fingerprint density at radius 1 is 1.00 bits per heavy atom. The molecule has 1 rings (SSSR count). The van der Waals surface area contributed by atoms with Gasteiger partial charge in [0.1, 0.15) is 11.6 Å². The average Bonchev–Trinajstić information content (AvgIpc) is 2.65. The maximum absolute atomic E-state index is 12.6. The second kappa shape index (κ2) is 13.8. The predicted octanol–water partition coefficient (Wildman–Crippen LogP) is 5.84. The molecule has 0 fully saturated rings.